The van der Waals surface area contributed by atoms with Crippen molar-refractivity contribution in [3.63, 3.8) is 0 Å². The lowest BCUT2D eigenvalue weighted by molar-refractivity contribution is 0.713. The van der Waals surface area contributed by atoms with Crippen LogP contribution in [0.15, 0.2) is 18.3 Å². The van der Waals surface area contributed by atoms with Crippen molar-refractivity contribution >= 4 is 5.82 Å². The first-order chi connectivity index (χ1) is 6.22. The van der Waals surface area contributed by atoms with E-state index >= 15 is 0 Å². The summed E-state index contributed by atoms with van der Waals surface area (Å²) in [5, 5.41) is 3.28. The molecule has 0 aliphatic carbocycles. The van der Waals surface area contributed by atoms with E-state index in [0.29, 0.717) is 12.6 Å². The molecule has 13 heavy (non-hydrogen) atoms. The van der Waals surface area contributed by atoms with Crippen molar-refractivity contribution in [3.8, 4) is 0 Å². The zero-order valence-corrected chi connectivity index (χ0v) is 8.25. The molecule has 0 fully saturated rings. The minimum absolute atomic E-state index is 0.389. The SMILES string of the molecule is Cc1ccc(NC(C)CCN)nc1. The van der Waals surface area contributed by atoms with Crippen LogP contribution < -0.4 is 11.1 Å². The van der Waals surface area contributed by atoms with Crippen LogP contribution in [-0.4, -0.2) is 17.6 Å². The third kappa shape index (κ3) is 3.42. The molecule has 0 aliphatic rings. The molecule has 1 rings (SSSR count). The zero-order chi connectivity index (χ0) is 9.68. The molecule has 0 aliphatic heterocycles. The van der Waals surface area contributed by atoms with Gasteiger partial charge in [-0.2, -0.15) is 0 Å². The molecular formula is C10H17N3. The quantitative estimate of drug-likeness (QED) is 0.737. The first kappa shape index (κ1) is 9.99. The van der Waals surface area contributed by atoms with E-state index in [-0.39, 0.29) is 0 Å². The molecule has 1 aromatic heterocycles. The van der Waals surface area contributed by atoms with Crippen LogP contribution in [0.2, 0.25) is 0 Å². The molecule has 1 heterocycles. The maximum Gasteiger partial charge on any atom is 0.126 e. The molecule has 72 valence electrons. The van der Waals surface area contributed by atoms with Gasteiger partial charge < -0.3 is 11.1 Å². The molecule has 3 nitrogen and oxygen atoms in total. The molecule has 0 saturated heterocycles. The third-order valence-electron chi connectivity index (χ3n) is 1.91. The van der Waals surface area contributed by atoms with Crippen LogP contribution in [0.25, 0.3) is 0 Å². The molecular weight excluding hydrogens is 162 g/mol. The van der Waals surface area contributed by atoms with Crippen LogP contribution >= 0.6 is 0 Å². The van der Waals surface area contributed by atoms with Gasteiger partial charge in [0.25, 0.3) is 0 Å². The fraction of sp³-hybridized carbons (Fsp3) is 0.500. The highest BCUT2D eigenvalue weighted by Crippen LogP contribution is 2.06. The normalized spacial score (nSPS) is 12.5. The monoisotopic (exact) mass is 179 g/mol. The minimum Gasteiger partial charge on any atom is -0.368 e. The fourth-order valence-corrected chi connectivity index (χ4v) is 1.13. The summed E-state index contributed by atoms with van der Waals surface area (Å²) in [5.41, 5.74) is 6.62. The number of nitrogens with two attached hydrogens (primary N) is 1. The lowest BCUT2D eigenvalue weighted by atomic mass is 10.2. The summed E-state index contributed by atoms with van der Waals surface area (Å²) in [6, 6.07) is 4.42. The first-order valence-electron chi connectivity index (χ1n) is 4.61. The lowest BCUT2D eigenvalue weighted by Gasteiger charge is -2.12. The van der Waals surface area contributed by atoms with E-state index in [4.69, 9.17) is 5.73 Å². The molecule has 0 bridgehead atoms. The van der Waals surface area contributed by atoms with E-state index in [0.717, 1.165) is 12.2 Å². The van der Waals surface area contributed by atoms with Crippen molar-refractivity contribution in [3.05, 3.63) is 23.9 Å². The molecule has 0 spiro atoms. The van der Waals surface area contributed by atoms with Crippen LogP contribution in [0, 0.1) is 6.92 Å². The predicted molar refractivity (Wildman–Crippen MR) is 55.7 cm³/mol. The van der Waals surface area contributed by atoms with Crippen molar-refractivity contribution in [1.82, 2.24) is 4.98 Å². The van der Waals surface area contributed by atoms with Crippen LogP contribution in [0.4, 0.5) is 5.82 Å². The second kappa shape index (κ2) is 4.82. The molecule has 0 radical (unpaired) electrons. The summed E-state index contributed by atoms with van der Waals surface area (Å²) in [7, 11) is 0. The maximum atomic E-state index is 5.45. The molecule has 1 atom stereocenters. The van der Waals surface area contributed by atoms with E-state index in [1.807, 2.05) is 25.3 Å². The topological polar surface area (TPSA) is 50.9 Å². The van der Waals surface area contributed by atoms with Gasteiger partial charge in [-0.25, -0.2) is 4.98 Å². The van der Waals surface area contributed by atoms with Gasteiger partial charge in [-0.05, 0) is 38.4 Å². The fourth-order valence-electron chi connectivity index (χ4n) is 1.13. The van der Waals surface area contributed by atoms with Crippen LogP contribution in [-0.2, 0) is 0 Å². The Morgan fingerprint density at radius 2 is 2.31 bits per heavy atom. The number of rotatable bonds is 4. The average Bonchev–Trinajstić information content (AvgIpc) is 2.09. The molecule has 0 saturated carbocycles. The Balaban J connectivity index is 2.49. The highest BCUT2D eigenvalue weighted by Gasteiger charge is 2.00. The van der Waals surface area contributed by atoms with Crippen molar-refractivity contribution in [2.75, 3.05) is 11.9 Å². The van der Waals surface area contributed by atoms with Gasteiger partial charge >= 0.3 is 0 Å². The van der Waals surface area contributed by atoms with Crippen molar-refractivity contribution in [2.45, 2.75) is 26.3 Å². The van der Waals surface area contributed by atoms with Gasteiger partial charge in [0.2, 0.25) is 0 Å². The Labute approximate surface area is 79.4 Å². The molecule has 1 unspecified atom stereocenters. The van der Waals surface area contributed by atoms with Gasteiger partial charge in [-0.3, -0.25) is 0 Å². The number of anilines is 1. The Morgan fingerprint density at radius 3 is 2.85 bits per heavy atom. The number of hydrogen-bond donors (Lipinski definition) is 2. The average molecular weight is 179 g/mol. The number of hydrogen-bond acceptors (Lipinski definition) is 3. The summed E-state index contributed by atoms with van der Waals surface area (Å²) < 4.78 is 0. The first-order valence-corrected chi connectivity index (χ1v) is 4.61. The Kier molecular flexibility index (Phi) is 3.71. The van der Waals surface area contributed by atoms with Crippen molar-refractivity contribution < 1.29 is 0 Å². The van der Waals surface area contributed by atoms with Gasteiger partial charge in [0.1, 0.15) is 5.82 Å². The van der Waals surface area contributed by atoms with E-state index in [9.17, 15) is 0 Å². The van der Waals surface area contributed by atoms with Gasteiger partial charge in [0.15, 0.2) is 0 Å². The van der Waals surface area contributed by atoms with Crippen molar-refractivity contribution in [1.29, 1.82) is 0 Å². The van der Waals surface area contributed by atoms with E-state index < -0.39 is 0 Å². The Hall–Kier alpha value is -1.09. The van der Waals surface area contributed by atoms with Crippen LogP contribution in [0.5, 0.6) is 0 Å². The zero-order valence-electron chi connectivity index (χ0n) is 8.25. The Morgan fingerprint density at radius 1 is 1.54 bits per heavy atom. The second-order valence-electron chi connectivity index (χ2n) is 3.34. The van der Waals surface area contributed by atoms with E-state index in [1.54, 1.807) is 0 Å². The van der Waals surface area contributed by atoms with Crippen molar-refractivity contribution in [2.24, 2.45) is 5.73 Å². The molecule has 0 amide bonds. The standard InChI is InChI=1S/C10H17N3/c1-8-3-4-10(12-7-8)13-9(2)5-6-11/h3-4,7,9H,5-6,11H2,1-2H3,(H,12,13). The Bertz CT molecular complexity index is 243. The molecule has 3 N–H and O–H groups in total. The van der Waals surface area contributed by atoms with Gasteiger partial charge in [-0.1, -0.05) is 6.07 Å². The molecule has 3 heteroatoms. The van der Waals surface area contributed by atoms with Crippen LogP contribution in [0.3, 0.4) is 0 Å². The highest BCUT2D eigenvalue weighted by atomic mass is 15.0. The number of nitrogens with one attached hydrogen (secondary N) is 1. The summed E-state index contributed by atoms with van der Waals surface area (Å²) in [6.45, 7) is 4.84. The third-order valence-corrected chi connectivity index (χ3v) is 1.91. The van der Waals surface area contributed by atoms with Gasteiger partial charge in [0.05, 0.1) is 0 Å². The minimum atomic E-state index is 0.389. The van der Waals surface area contributed by atoms with E-state index in [2.05, 4.69) is 17.2 Å². The van der Waals surface area contributed by atoms with Gasteiger partial charge in [-0.15, -0.1) is 0 Å². The maximum absolute atomic E-state index is 5.45. The molecule has 1 aromatic rings. The highest BCUT2D eigenvalue weighted by molar-refractivity contribution is 5.35. The summed E-state index contributed by atoms with van der Waals surface area (Å²) in [4.78, 5) is 4.25. The predicted octanol–water partition coefficient (Wildman–Crippen LogP) is 1.54. The van der Waals surface area contributed by atoms with E-state index in [1.165, 1.54) is 5.56 Å². The van der Waals surface area contributed by atoms with Crippen LogP contribution in [0.1, 0.15) is 18.9 Å². The second-order valence-corrected chi connectivity index (χ2v) is 3.34. The smallest absolute Gasteiger partial charge is 0.126 e. The summed E-state index contributed by atoms with van der Waals surface area (Å²) in [6.07, 6.45) is 2.83. The number of aromatic nitrogens is 1. The summed E-state index contributed by atoms with van der Waals surface area (Å²) >= 11 is 0. The molecule has 0 aromatic carbocycles. The lowest BCUT2D eigenvalue weighted by Crippen LogP contribution is -2.19. The largest absolute Gasteiger partial charge is 0.368 e. The summed E-state index contributed by atoms with van der Waals surface area (Å²) in [5.74, 6) is 0.923. The van der Waals surface area contributed by atoms with Gasteiger partial charge in [0, 0.05) is 12.2 Å². The number of pyridine rings is 1. The number of aryl methyl sites for hydroxylation is 1. The number of nitrogens with zero attached hydrogens (tertiary/aromatic N) is 1.